The highest BCUT2D eigenvalue weighted by Gasteiger charge is 2.10. The van der Waals surface area contributed by atoms with Crippen LogP contribution in [0.1, 0.15) is 5.56 Å². The lowest BCUT2D eigenvalue weighted by Gasteiger charge is -2.01. The van der Waals surface area contributed by atoms with Crippen molar-refractivity contribution >= 4 is 22.3 Å². The van der Waals surface area contributed by atoms with E-state index in [9.17, 15) is 8.42 Å². The Bertz CT molecular complexity index is 791. The van der Waals surface area contributed by atoms with Crippen molar-refractivity contribution in [2.45, 2.75) is 4.90 Å². The summed E-state index contributed by atoms with van der Waals surface area (Å²) < 4.78 is 37.8. The third-order valence-corrected chi connectivity index (χ3v) is 4.31. The molecule has 0 N–H and O–H groups in total. The Morgan fingerprint density at radius 1 is 0.870 bits per heavy atom. The molecule has 0 saturated carbocycles. The molecule has 5 nitrogen and oxygen atoms in total. The largest absolute Gasteiger partial charge is 0.497 e. The zero-order valence-corrected chi connectivity index (χ0v) is 13.7. The number of ether oxygens (including phenoxy) is 2. The monoisotopic (exact) mass is 331 g/mol. The molecule has 0 unspecified atom stereocenters. The number of sulfonamides is 1. The Morgan fingerprint density at radius 3 is 1.91 bits per heavy atom. The molecule has 23 heavy (non-hydrogen) atoms. The number of allylic oxidation sites excluding steroid dienone is 1. The van der Waals surface area contributed by atoms with E-state index in [1.165, 1.54) is 25.5 Å². The van der Waals surface area contributed by atoms with Crippen LogP contribution in [0.4, 0.5) is 0 Å². The first kappa shape index (κ1) is 16.8. The number of hydrogen-bond acceptors (Lipinski definition) is 4. The van der Waals surface area contributed by atoms with Crippen molar-refractivity contribution in [3.05, 3.63) is 60.2 Å². The molecule has 0 spiro atoms. The molecule has 0 atom stereocenters. The number of rotatable bonds is 6. The van der Waals surface area contributed by atoms with Gasteiger partial charge >= 0.3 is 0 Å². The Morgan fingerprint density at radius 2 is 1.39 bits per heavy atom. The molecule has 0 heterocycles. The Hall–Kier alpha value is -2.60. The van der Waals surface area contributed by atoms with Crippen LogP contribution in [0.5, 0.6) is 11.5 Å². The maximum atomic E-state index is 12.0. The second kappa shape index (κ2) is 7.60. The average Bonchev–Trinajstić information content (AvgIpc) is 2.59. The van der Waals surface area contributed by atoms with Crippen molar-refractivity contribution in [3.63, 3.8) is 0 Å². The van der Waals surface area contributed by atoms with Gasteiger partial charge < -0.3 is 9.47 Å². The van der Waals surface area contributed by atoms with Gasteiger partial charge in [-0.2, -0.15) is 12.8 Å². The molecular formula is C17H17NO4S. The first-order valence-electron chi connectivity index (χ1n) is 6.80. The molecule has 0 radical (unpaired) electrons. The first-order valence-corrected chi connectivity index (χ1v) is 8.24. The van der Waals surface area contributed by atoms with Gasteiger partial charge in [-0.05, 0) is 48.0 Å². The fourth-order valence-corrected chi connectivity index (χ4v) is 2.63. The summed E-state index contributed by atoms with van der Waals surface area (Å²) in [6.45, 7) is 0. The molecule has 0 amide bonds. The first-order chi connectivity index (χ1) is 11.0. The van der Waals surface area contributed by atoms with E-state index < -0.39 is 10.0 Å². The summed E-state index contributed by atoms with van der Waals surface area (Å²) in [6.07, 6.45) is 4.58. The third-order valence-electron chi connectivity index (χ3n) is 3.05. The standard InChI is InChI=1S/C17H17NO4S/c1-21-15-7-5-14(6-8-15)4-3-13-18-23(19,20)17-11-9-16(22-2)10-12-17/h3-13H,1-2H3/b4-3+,18-13?. The molecular weight excluding hydrogens is 314 g/mol. The molecule has 0 aliphatic heterocycles. The van der Waals surface area contributed by atoms with Crippen molar-refractivity contribution in [1.82, 2.24) is 0 Å². The minimum Gasteiger partial charge on any atom is -0.497 e. The zero-order valence-electron chi connectivity index (χ0n) is 12.8. The number of benzene rings is 2. The minimum absolute atomic E-state index is 0.118. The zero-order chi connectivity index (χ0) is 16.7. The van der Waals surface area contributed by atoms with Crippen LogP contribution in [-0.4, -0.2) is 28.9 Å². The van der Waals surface area contributed by atoms with E-state index >= 15 is 0 Å². The summed E-state index contributed by atoms with van der Waals surface area (Å²) in [5.74, 6) is 1.35. The lowest BCUT2D eigenvalue weighted by molar-refractivity contribution is 0.414. The van der Waals surface area contributed by atoms with Crippen LogP contribution in [-0.2, 0) is 10.0 Å². The number of nitrogens with zero attached hydrogens (tertiary/aromatic N) is 1. The molecule has 2 aromatic rings. The molecule has 0 aromatic heterocycles. The van der Waals surface area contributed by atoms with Gasteiger partial charge in [0.15, 0.2) is 0 Å². The Kier molecular flexibility index (Phi) is 5.54. The van der Waals surface area contributed by atoms with Gasteiger partial charge in [0.05, 0.1) is 19.1 Å². The SMILES string of the molecule is COc1ccc(/C=C/C=NS(=O)(=O)c2ccc(OC)cc2)cc1. The van der Waals surface area contributed by atoms with Crippen molar-refractivity contribution in [2.75, 3.05) is 14.2 Å². The summed E-state index contributed by atoms with van der Waals surface area (Å²) in [5, 5.41) is 0. The quantitative estimate of drug-likeness (QED) is 0.763. The molecule has 0 fully saturated rings. The van der Waals surface area contributed by atoms with Crippen LogP contribution in [0.15, 0.2) is 63.9 Å². The predicted molar refractivity (Wildman–Crippen MR) is 90.7 cm³/mol. The molecule has 2 aromatic carbocycles. The van der Waals surface area contributed by atoms with E-state index in [1.807, 2.05) is 24.3 Å². The minimum atomic E-state index is -3.71. The van der Waals surface area contributed by atoms with Gasteiger partial charge in [-0.3, -0.25) is 0 Å². The van der Waals surface area contributed by atoms with Crippen LogP contribution in [0.25, 0.3) is 6.08 Å². The van der Waals surface area contributed by atoms with Gasteiger partial charge in [0.2, 0.25) is 0 Å². The van der Waals surface area contributed by atoms with Crippen LogP contribution in [0.2, 0.25) is 0 Å². The topological polar surface area (TPSA) is 65.0 Å². The predicted octanol–water partition coefficient (Wildman–Crippen LogP) is 3.18. The number of hydrogen-bond donors (Lipinski definition) is 0. The second-order valence-corrected chi connectivity index (χ2v) is 6.17. The lowest BCUT2D eigenvalue weighted by Crippen LogP contribution is -1.96. The summed E-state index contributed by atoms with van der Waals surface area (Å²) in [6, 6.07) is 13.4. The summed E-state index contributed by atoms with van der Waals surface area (Å²) in [4.78, 5) is 0.118. The smallest absolute Gasteiger partial charge is 0.282 e. The van der Waals surface area contributed by atoms with E-state index in [0.29, 0.717) is 5.75 Å². The normalized spacial score (nSPS) is 11.9. The Labute approximate surface area is 136 Å². The highest BCUT2D eigenvalue weighted by molar-refractivity contribution is 7.90. The van der Waals surface area contributed by atoms with Gasteiger partial charge in [0, 0.05) is 6.21 Å². The summed E-state index contributed by atoms with van der Waals surface area (Å²) in [7, 11) is -0.590. The van der Waals surface area contributed by atoms with Crippen molar-refractivity contribution < 1.29 is 17.9 Å². The van der Waals surface area contributed by atoms with Crippen LogP contribution in [0, 0.1) is 0 Å². The van der Waals surface area contributed by atoms with E-state index in [1.54, 1.807) is 31.4 Å². The maximum Gasteiger partial charge on any atom is 0.282 e. The van der Waals surface area contributed by atoms with Gasteiger partial charge in [0.25, 0.3) is 10.0 Å². The molecule has 6 heteroatoms. The fraction of sp³-hybridized carbons (Fsp3) is 0.118. The average molecular weight is 331 g/mol. The Balaban J connectivity index is 2.06. The lowest BCUT2D eigenvalue weighted by atomic mass is 10.2. The summed E-state index contributed by atoms with van der Waals surface area (Å²) in [5.41, 5.74) is 0.916. The van der Waals surface area contributed by atoms with Crippen molar-refractivity contribution in [2.24, 2.45) is 4.40 Å². The van der Waals surface area contributed by atoms with Gasteiger partial charge in [-0.25, -0.2) is 0 Å². The van der Waals surface area contributed by atoms with Crippen LogP contribution in [0.3, 0.4) is 0 Å². The van der Waals surface area contributed by atoms with E-state index in [-0.39, 0.29) is 4.90 Å². The summed E-state index contributed by atoms with van der Waals surface area (Å²) >= 11 is 0. The number of methoxy groups -OCH3 is 2. The highest BCUT2D eigenvalue weighted by Crippen LogP contribution is 2.17. The van der Waals surface area contributed by atoms with E-state index in [4.69, 9.17) is 9.47 Å². The molecule has 0 saturated heterocycles. The fourth-order valence-electron chi connectivity index (χ4n) is 1.79. The highest BCUT2D eigenvalue weighted by atomic mass is 32.2. The maximum absolute atomic E-state index is 12.0. The van der Waals surface area contributed by atoms with E-state index in [0.717, 1.165) is 11.3 Å². The molecule has 2 rings (SSSR count). The molecule has 0 bridgehead atoms. The van der Waals surface area contributed by atoms with Crippen molar-refractivity contribution in [3.8, 4) is 11.5 Å². The van der Waals surface area contributed by atoms with Crippen molar-refractivity contribution in [1.29, 1.82) is 0 Å². The van der Waals surface area contributed by atoms with E-state index in [2.05, 4.69) is 4.40 Å². The van der Waals surface area contributed by atoms with Gasteiger partial charge in [-0.1, -0.05) is 18.2 Å². The molecule has 120 valence electrons. The van der Waals surface area contributed by atoms with Crippen LogP contribution >= 0.6 is 0 Å². The second-order valence-electron chi connectivity index (χ2n) is 4.54. The van der Waals surface area contributed by atoms with Gasteiger partial charge in [-0.15, -0.1) is 0 Å². The van der Waals surface area contributed by atoms with Gasteiger partial charge in [0.1, 0.15) is 11.5 Å². The third kappa shape index (κ3) is 4.69. The molecule has 0 aliphatic rings. The van der Waals surface area contributed by atoms with Crippen LogP contribution < -0.4 is 9.47 Å². The molecule has 0 aliphatic carbocycles.